The standard InChI is InChI=1S/C25H16BrClN4O3S/c1-33-21-16(11-13-5-2-3-6-15(13)20(21)26)23(32)31-25(35)29-18-12-14(8-9-17(18)27)24-30-22-19(34-24)7-4-10-28-22/h2-12H,1H3,(H2,29,31,32,35). The van der Waals surface area contributed by atoms with Gasteiger partial charge in [0.1, 0.15) is 5.75 Å². The molecule has 0 bridgehead atoms. The van der Waals surface area contributed by atoms with E-state index in [1.807, 2.05) is 24.3 Å². The van der Waals surface area contributed by atoms with Crippen LogP contribution in [0.5, 0.6) is 5.75 Å². The Kier molecular flexibility index (Phi) is 6.38. The highest BCUT2D eigenvalue weighted by Gasteiger charge is 2.19. The first-order chi connectivity index (χ1) is 16.9. The Balaban J connectivity index is 1.39. The average molecular weight is 568 g/mol. The van der Waals surface area contributed by atoms with Crippen molar-refractivity contribution in [1.29, 1.82) is 0 Å². The Morgan fingerprint density at radius 2 is 1.97 bits per heavy atom. The molecule has 0 aliphatic heterocycles. The first-order valence-corrected chi connectivity index (χ1v) is 11.9. The molecule has 0 spiro atoms. The number of amides is 1. The first kappa shape index (κ1) is 23.2. The van der Waals surface area contributed by atoms with Gasteiger partial charge in [-0.3, -0.25) is 10.1 Å². The number of fused-ring (bicyclic) bond motifs is 2. The van der Waals surface area contributed by atoms with Crippen molar-refractivity contribution in [2.75, 3.05) is 12.4 Å². The molecule has 1 amide bonds. The maximum absolute atomic E-state index is 13.1. The number of rotatable bonds is 4. The van der Waals surface area contributed by atoms with Gasteiger partial charge in [0.15, 0.2) is 16.3 Å². The molecule has 2 heterocycles. The number of methoxy groups -OCH3 is 1. The highest BCUT2D eigenvalue weighted by Crippen LogP contribution is 2.36. The molecule has 3 aromatic carbocycles. The maximum atomic E-state index is 13.1. The van der Waals surface area contributed by atoms with Crippen LogP contribution in [-0.2, 0) is 0 Å². The van der Waals surface area contributed by atoms with Crippen LogP contribution in [0.1, 0.15) is 10.4 Å². The SMILES string of the molecule is COc1c(C(=O)NC(=S)Nc2cc(-c3nc4ncccc4o3)ccc2Cl)cc2ccccc2c1Br. The normalized spacial score (nSPS) is 10.9. The number of carbonyl (C=O) groups is 1. The van der Waals surface area contributed by atoms with Crippen LogP contribution in [0.2, 0.25) is 5.02 Å². The van der Waals surface area contributed by atoms with Gasteiger partial charge in [0, 0.05) is 11.8 Å². The van der Waals surface area contributed by atoms with Crippen LogP contribution in [-0.4, -0.2) is 28.1 Å². The number of hydrogen-bond acceptors (Lipinski definition) is 6. The van der Waals surface area contributed by atoms with E-state index in [4.69, 9.17) is 33.0 Å². The summed E-state index contributed by atoms with van der Waals surface area (Å²) in [6.45, 7) is 0. The molecule has 35 heavy (non-hydrogen) atoms. The summed E-state index contributed by atoms with van der Waals surface area (Å²) in [5.41, 5.74) is 2.57. The summed E-state index contributed by atoms with van der Waals surface area (Å²) in [6.07, 6.45) is 1.65. The van der Waals surface area contributed by atoms with Crippen LogP contribution in [0.25, 0.3) is 33.5 Å². The Labute approximate surface area is 218 Å². The summed E-state index contributed by atoms with van der Waals surface area (Å²) in [5, 5.41) is 7.96. The zero-order valence-corrected chi connectivity index (χ0v) is 21.3. The summed E-state index contributed by atoms with van der Waals surface area (Å²) in [4.78, 5) is 21.7. The van der Waals surface area contributed by atoms with Crippen LogP contribution in [0, 0.1) is 0 Å². The van der Waals surface area contributed by atoms with E-state index in [1.54, 1.807) is 42.6 Å². The molecule has 174 valence electrons. The molecule has 0 fully saturated rings. The van der Waals surface area contributed by atoms with E-state index < -0.39 is 5.91 Å². The van der Waals surface area contributed by atoms with Gasteiger partial charge >= 0.3 is 0 Å². The van der Waals surface area contributed by atoms with Gasteiger partial charge in [0.2, 0.25) is 5.89 Å². The highest BCUT2D eigenvalue weighted by atomic mass is 79.9. The second kappa shape index (κ2) is 9.61. The molecule has 0 atom stereocenters. The van der Waals surface area contributed by atoms with Gasteiger partial charge < -0.3 is 14.5 Å². The Bertz CT molecular complexity index is 1590. The van der Waals surface area contributed by atoms with Crippen molar-refractivity contribution in [1.82, 2.24) is 15.3 Å². The third kappa shape index (κ3) is 4.58. The first-order valence-electron chi connectivity index (χ1n) is 10.3. The molecule has 5 rings (SSSR count). The monoisotopic (exact) mass is 566 g/mol. The van der Waals surface area contributed by atoms with E-state index in [1.165, 1.54) is 7.11 Å². The number of benzene rings is 3. The molecule has 0 radical (unpaired) electrons. The topological polar surface area (TPSA) is 89.3 Å². The number of pyridine rings is 1. The van der Waals surface area contributed by atoms with Gasteiger partial charge in [-0.05, 0) is 75.3 Å². The van der Waals surface area contributed by atoms with Gasteiger partial charge in [-0.15, -0.1) is 0 Å². The number of aromatic nitrogens is 2. The van der Waals surface area contributed by atoms with Gasteiger partial charge in [0.05, 0.1) is 27.9 Å². The summed E-state index contributed by atoms with van der Waals surface area (Å²) < 4.78 is 12.0. The minimum atomic E-state index is -0.428. The molecule has 0 aliphatic carbocycles. The van der Waals surface area contributed by atoms with E-state index in [2.05, 4.69) is 36.5 Å². The van der Waals surface area contributed by atoms with Crippen LogP contribution in [0.15, 0.2) is 75.8 Å². The molecule has 10 heteroatoms. The second-order valence-corrected chi connectivity index (χ2v) is 9.05. The molecule has 7 nitrogen and oxygen atoms in total. The van der Waals surface area contributed by atoms with Crippen LogP contribution in [0.3, 0.4) is 0 Å². The fourth-order valence-electron chi connectivity index (χ4n) is 3.62. The van der Waals surface area contributed by atoms with Crippen molar-refractivity contribution in [3.05, 3.63) is 81.9 Å². The average Bonchev–Trinajstić information content (AvgIpc) is 3.29. The van der Waals surface area contributed by atoms with Crippen molar-refractivity contribution >= 4 is 78.5 Å². The van der Waals surface area contributed by atoms with Crippen LogP contribution in [0.4, 0.5) is 5.69 Å². The largest absolute Gasteiger partial charge is 0.495 e. The van der Waals surface area contributed by atoms with Crippen molar-refractivity contribution in [2.24, 2.45) is 0 Å². The van der Waals surface area contributed by atoms with Gasteiger partial charge in [-0.25, -0.2) is 4.98 Å². The number of halogens is 2. The molecule has 2 N–H and O–H groups in total. The fraction of sp³-hybridized carbons (Fsp3) is 0.0400. The third-order valence-electron chi connectivity index (χ3n) is 5.24. The Morgan fingerprint density at radius 1 is 1.14 bits per heavy atom. The quantitative estimate of drug-likeness (QED) is 0.237. The number of oxazole rings is 1. The minimum Gasteiger partial charge on any atom is -0.495 e. The molecule has 0 aliphatic rings. The number of thiocarbonyl (C=S) groups is 1. The highest BCUT2D eigenvalue weighted by molar-refractivity contribution is 9.10. The van der Waals surface area contributed by atoms with Crippen molar-refractivity contribution in [2.45, 2.75) is 0 Å². The molecule has 0 saturated heterocycles. The minimum absolute atomic E-state index is 0.0691. The summed E-state index contributed by atoms with van der Waals surface area (Å²) in [7, 11) is 1.51. The lowest BCUT2D eigenvalue weighted by Gasteiger charge is -2.15. The number of carbonyl (C=O) groups excluding carboxylic acids is 1. The Morgan fingerprint density at radius 3 is 2.77 bits per heavy atom. The molecule has 0 unspecified atom stereocenters. The van der Waals surface area contributed by atoms with E-state index >= 15 is 0 Å². The summed E-state index contributed by atoms with van der Waals surface area (Å²) >= 11 is 15.3. The van der Waals surface area contributed by atoms with E-state index in [0.717, 1.165) is 10.8 Å². The van der Waals surface area contributed by atoms with Crippen molar-refractivity contribution < 1.29 is 13.9 Å². The number of nitrogens with one attached hydrogen (secondary N) is 2. The molecule has 0 saturated carbocycles. The molecular weight excluding hydrogens is 552 g/mol. The molecular formula is C25H16BrClN4O3S. The number of ether oxygens (including phenoxy) is 1. The number of hydrogen-bond donors (Lipinski definition) is 2. The van der Waals surface area contributed by atoms with E-state index in [9.17, 15) is 4.79 Å². The van der Waals surface area contributed by atoms with E-state index in [-0.39, 0.29) is 5.11 Å². The predicted molar refractivity (Wildman–Crippen MR) is 144 cm³/mol. The predicted octanol–water partition coefficient (Wildman–Crippen LogP) is 6.59. The lowest BCUT2D eigenvalue weighted by Crippen LogP contribution is -2.34. The number of anilines is 1. The maximum Gasteiger partial charge on any atom is 0.261 e. The second-order valence-electron chi connectivity index (χ2n) is 7.44. The lowest BCUT2D eigenvalue weighted by atomic mass is 10.1. The van der Waals surface area contributed by atoms with Crippen molar-refractivity contribution in [3.63, 3.8) is 0 Å². The number of nitrogens with zero attached hydrogens (tertiary/aromatic N) is 2. The van der Waals surface area contributed by atoms with E-state index in [0.29, 0.717) is 49.2 Å². The molecule has 5 aromatic rings. The summed E-state index contributed by atoms with van der Waals surface area (Å²) in [5.74, 6) is 0.371. The van der Waals surface area contributed by atoms with Crippen LogP contribution < -0.4 is 15.4 Å². The third-order valence-corrected chi connectivity index (χ3v) is 6.56. The lowest BCUT2D eigenvalue weighted by molar-refractivity contribution is 0.0975. The van der Waals surface area contributed by atoms with Gasteiger partial charge in [-0.2, -0.15) is 4.98 Å². The van der Waals surface area contributed by atoms with Gasteiger partial charge in [0.25, 0.3) is 5.91 Å². The van der Waals surface area contributed by atoms with Crippen LogP contribution >= 0.6 is 39.7 Å². The zero-order chi connectivity index (χ0) is 24.5. The zero-order valence-electron chi connectivity index (χ0n) is 18.1. The smallest absolute Gasteiger partial charge is 0.261 e. The fourth-order valence-corrected chi connectivity index (χ4v) is 4.73. The van der Waals surface area contributed by atoms with Gasteiger partial charge in [-0.1, -0.05) is 35.9 Å². The Hall–Kier alpha value is -3.53. The van der Waals surface area contributed by atoms with Crippen molar-refractivity contribution in [3.8, 4) is 17.2 Å². The summed E-state index contributed by atoms with van der Waals surface area (Å²) in [6, 6.07) is 18.2. The molecule has 2 aromatic heterocycles.